The molecule has 0 fully saturated rings. The summed E-state index contributed by atoms with van der Waals surface area (Å²) in [5.74, 6) is -1.35. The van der Waals surface area contributed by atoms with Gasteiger partial charge in [-0.1, -0.05) is 30.3 Å². The number of nitrogens with one attached hydrogen (secondary N) is 1. The first-order valence-electron chi connectivity index (χ1n) is 8.24. The van der Waals surface area contributed by atoms with Gasteiger partial charge in [-0.25, -0.2) is 9.18 Å². The minimum absolute atomic E-state index is 0.0529. The average molecular weight is 355 g/mol. The standard InChI is InChI=1S/C20H18FNO4/c1-13(19(23)22-11-10-14-6-8-16(21)9-7-14)25-20(24)18-12-15-4-2-3-5-17(15)26-18/h2-9,12-13H,10-11H2,1H3,(H,22,23)/t13-/m0/s1. The number of benzene rings is 2. The van der Waals surface area contributed by atoms with Crippen LogP contribution >= 0.6 is 0 Å². The van der Waals surface area contributed by atoms with Crippen molar-refractivity contribution in [1.82, 2.24) is 5.32 Å². The van der Waals surface area contributed by atoms with E-state index in [9.17, 15) is 14.0 Å². The molecule has 0 aliphatic carbocycles. The molecule has 0 spiro atoms. The summed E-state index contributed by atoms with van der Waals surface area (Å²) in [7, 11) is 0. The van der Waals surface area contributed by atoms with Gasteiger partial charge < -0.3 is 14.5 Å². The van der Waals surface area contributed by atoms with Gasteiger partial charge in [-0.2, -0.15) is 0 Å². The van der Waals surface area contributed by atoms with Crippen LogP contribution in [0.15, 0.2) is 59.0 Å². The molecule has 1 amide bonds. The number of hydrogen-bond acceptors (Lipinski definition) is 4. The summed E-state index contributed by atoms with van der Waals surface area (Å²) < 4.78 is 23.4. The first-order valence-corrected chi connectivity index (χ1v) is 8.24. The Kier molecular flexibility index (Phi) is 5.31. The first kappa shape index (κ1) is 17.7. The van der Waals surface area contributed by atoms with Crippen molar-refractivity contribution >= 4 is 22.8 Å². The van der Waals surface area contributed by atoms with Crippen LogP contribution in [0.1, 0.15) is 23.0 Å². The van der Waals surface area contributed by atoms with E-state index in [4.69, 9.17) is 9.15 Å². The summed E-state index contributed by atoms with van der Waals surface area (Å²) in [6.07, 6.45) is -0.403. The molecule has 1 N–H and O–H groups in total. The van der Waals surface area contributed by atoms with Crippen LogP contribution in [0.2, 0.25) is 0 Å². The third-order valence-corrected chi connectivity index (χ3v) is 3.91. The zero-order valence-electron chi connectivity index (χ0n) is 14.2. The van der Waals surface area contributed by atoms with Gasteiger partial charge in [-0.05, 0) is 43.2 Å². The number of rotatable bonds is 6. The van der Waals surface area contributed by atoms with Crippen LogP contribution < -0.4 is 5.32 Å². The lowest BCUT2D eigenvalue weighted by Gasteiger charge is -2.12. The molecule has 2 aromatic carbocycles. The summed E-state index contributed by atoms with van der Waals surface area (Å²) in [6, 6.07) is 14.8. The van der Waals surface area contributed by atoms with Gasteiger partial charge in [-0.15, -0.1) is 0 Å². The Balaban J connectivity index is 1.50. The predicted molar refractivity (Wildman–Crippen MR) is 94.2 cm³/mol. The third kappa shape index (κ3) is 4.27. The number of esters is 1. The lowest BCUT2D eigenvalue weighted by molar-refractivity contribution is -0.129. The molecule has 3 rings (SSSR count). The van der Waals surface area contributed by atoms with E-state index in [1.165, 1.54) is 19.1 Å². The molecule has 5 nitrogen and oxygen atoms in total. The van der Waals surface area contributed by atoms with Crippen molar-refractivity contribution in [1.29, 1.82) is 0 Å². The minimum atomic E-state index is -0.955. The van der Waals surface area contributed by atoms with Gasteiger partial charge in [0.25, 0.3) is 5.91 Å². The fourth-order valence-electron chi connectivity index (χ4n) is 2.48. The average Bonchev–Trinajstić information content (AvgIpc) is 3.07. The van der Waals surface area contributed by atoms with Crippen LogP contribution in [-0.2, 0) is 16.0 Å². The second-order valence-electron chi connectivity index (χ2n) is 5.86. The Morgan fingerprint density at radius 1 is 1.15 bits per heavy atom. The zero-order chi connectivity index (χ0) is 18.5. The number of carbonyl (C=O) groups is 2. The molecule has 0 aliphatic heterocycles. The number of hydrogen-bond donors (Lipinski definition) is 1. The molecule has 26 heavy (non-hydrogen) atoms. The van der Waals surface area contributed by atoms with Gasteiger partial charge in [0.2, 0.25) is 5.76 Å². The highest BCUT2D eigenvalue weighted by Crippen LogP contribution is 2.19. The van der Waals surface area contributed by atoms with Gasteiger partial charge >= 0.3 is 5.97 Å². The highest BCUT2D eigenvalue weighted by Gasteiger charge is 2.21. The van der Waals surface area contributed by atoms with E-state index < -0.39 is 18.0 Å². The molecule has 0 aliphatic rings. The Bertz CT molecular complexity index is 884. The van der Waals surface area contributed by atoms with E-state index >= 15 is 0 Å². The fraction of sp³-hybridized carbons (Fsp3) is 0.200. The number of ether oxygens (including phenoxy) is 1. The van der Waals surface area contributed by atoms with Gasteiger partial charge in [0.1, 0.15) is 11.4 Å². The highest BCUT2D eigenvalue weighted by atomic mass is 19.1. The van der Waals surface area contributed by atoms with Crippen molar-refractivity contribution in [3.05, 3.63) is 71.7 Å². The maximum Gasteiger partial charge on any atom is 0.375 e. The Morgan fingerprint density at radius 3 is 2.62 bits per heavy atom. The van der Waals surface area contributed by atoms with Crippen LogP contribution in [-0.4, -0.2) is 24.5 Å². The van der Waals surface area contributed by atoms with Crippen molar-refractivity contribution in [2.75, 3.05) is 6.54 Å². The Morgan fingerprint density at radius 2 is 1.88 bits per heavy atom. The summed E-state index contributed by atoms with van der Waals surface area (Å²) in [5.41, 5.74) is 1.48. The van der Waals surface area contributed by atoms with Crippen LogP contribution in [0.5, 0.6) is 0 Å². The Hall–Kier alpha value is -3.15. The first-order chi connectivity index (χ1) is 12.5. The second kappa shape index (κ2) is 7.82. The van der Waals surface area contributed by atoms with Gasteiger partial charge in [0.15, 0.2) is 6.10 Å². The third-order valence-electron chi connectivity index (χ3n) is 3.91. The maximum atomic E-state index is 12.8. The van der Waals surface area contributed by atoms with Gasteiger partial charge in [0, 0.05) is 11.9 Å². The lowest BCUT2D eigenvalue weighted by atomic mass is 10.1. The zero-order valence-corrected chi connectivity index (χ0v) is 14.2. The van der Waals surface area contributed by atoms with Crippen molar-refractivity contribution in [3.8, 4) is 0 Å². The maximum absolute atomic E-state index is 12.8. The molecular formula is C20H18FNO4. The smallest absolute Gasteiger partial charge is 0.375 e. The number of furan rings is 1. The molecule has 0 radical (unpaired) electrons. The van der Waals surface area contributed by atoms with Crippen LogP contribution in [0.25, 0.3) is 11.0 Å². The summed E-state index contributed by atoms with van der Waals surface area (Å²) in [6.45, 7) is 1.85. The van der Waals surface area contributed by atoms with Crippen molar-refractivity contribution < 1.29 is 23.1 Å². The number of amides is 1. The summed E-state index contributed by atoms with van der Waals surface area (Å²) in [4.78, 5) is 24.2. The van der Waals surface area contributed by atoms with Crippen molar-refractivity contribution in [2.24, 2.45) is 0 Å². The molecule has 0 bridgehead atoms. The predicted octanol–water partition coefficient (Wildman–Crippen LogP) is 3.48. The largest absolute Gasteiger partial charge is 0.449 e. The molecule has 0 saturated heterocycles. The van der Waals surface area contributed by atoms with Gasteiger partial charge in [0.05, 0.1) is 0 Å². The number of halogens is 1. The van der Waals surface area contributed by atoms with Crippen molar-refractivity contribution in [2.45, 2.75) is 19.4 Å². The van der Waals surface area contributed by atoms with E-state index in [-0.39, 0.29) is 11.6 Å². The number of carbonyl (C=O) groups excluding carboxylic acids is 2. The molecule has 134 valence electrons. The normalized spacial score (nSPS) is 11.9. The van der Waals surface area contributed by atoms with Crippen molar-refractivity contribution in [3.63, 3.8) is 0 Å². The summed E-state index contributed by atoms with van der Waals surface area (Å²) in [5, 5.41) is 3.48. The van der Waals surface area contributed by atoms with Crippen LogP contribution in [0, 0.1) is 5.82 Å². The van der Waals surface area contributed by atoms with E-state index in [1.54, 1.807) is 30.3 Å². The van der Waals surface area contributed by atoms with E-state index in [0.717, 1.165) is 10.9 Å². The minimum Gasteiger partial charge on any atom is -0.449 e. The molecule has 1 heterocycles. The van der Waals surface area contributed by atoms with Gasteiger partial charge in [-0.3, -0.25) is 4.79 Å². The van der Waals surface area contributed by atoms with Crippen LogP contribution in [0.3, 0.4) is 0 Å². The SMILES string of the molecule is C[C@H](OC(=O)c1cc2ccccc2o1)C(=O)NCCc1ccc(F)cc1. The number of para-hydroxylation sites is 1. The lowest BCUT2D eigenvalue weighted by Crippen LogP contribution is -2.36. The second-order valence-corrected chi connectivity index (χ2v) is 5.86. The molecule has 6 heteroatoms. The molecule has 1 aromatic heterocycles. The summed E-state index contributed by atoms with van der Waals surface area (Å²) >= 11 is 0. The molecular weight excluding hydrogens is 337 g/mol. The van der Waals surface area contributed by atoms with E-state index in [0.29, 0.717) is 18.5 Å². The molecule has 0 saturated carbocycles. The molecule has 3 aromatic rings. The van der Waals surface area contributed by atoms with E-state index in [1.807, 2.05) is 12.1 Å². The highest BCUT2D eigenvalue weighted by molar-refractivity contribution is 5.94. The Labute approximate surface area is 149 Å². The molecule has 1 atom stereocenters. The topological polar surface area (TPSA) is 68.5 Å². The monoisotopic (exact) mass is 355 g/mol. The quantitative estimate of drug-likeness (QED) is 0.688. The van der Waals surface area contributed by atoms with Crippen LogP contribution in [0.4, 0.5) is 4.39 Å². The molecule has 0 unspecified atom stereocenters. The fourth-order valence-corrected chi connectivity index (χ4v) is 2.48. The van der Waals surface area contributed by atoms with E-state index in [2.05, 4.69) is 5.32 Å². The number of fused-ring (bicyclic) bond motifs is 1.